The summed E-state index contributed by atoms with van der Waals surface area (Å²) in [6, 6.07) is 0. The Bertz CT molecular complexity index is 647. The highest BCUT2D eigenvalue weighted by molar-refractivity contribution is 8.00. The third kappa shape index (κ3) is 2.87. The number of fused-ring (bicyclic) bond motifs is 5. The predicted molar refractivity (Wildman–Crippen MR) is 114 cm³/mol. The summed E-state index contributed by atoms with van der Waals surface area (Å²) in [5.41, 5.74) is 0.260. The van der Waals surface area contributed by atoms with Crippen LogP contribution in [0.15, 0.2) is 0 Å². The van der Waals surface area contributed by atoms with Crippen molar-refractivity contribution >= 4 is 23.8 Å². The molecule has 156 valence electrons. The summed E-state index contributed by atoms with van der Waals surface area (Å²) in [4.78, 5) is 24.9. The zero-order valence-electron chi connectivity index (χ0n) is 17.6. The van der Waals surface area contributed by atoms with Crippen molar-refractivity contribution in [1.82, 2.24) is 5.32 Å². The molecule has 4 aliphatic carbocycles. The largest absolute Gasteiger partial charge is 0.316 e. The number of rotatable bonds is 3. The van der Waals surface area contributed by atoms with Crippen LogP contribution in [0.4, 0.5) is 0 Å². The number of Topliss-reactive ketones (excluding diaryl/α,β-unsaturated/α-hetero) is 1. The molecule has 28 heavy (non-hydrogen) atoms. The first kappa shape index (κ1) is 19.6. The Hall–Kier alpha value is -0.350. The fraction of sp³-hybridized carbons (Fsp3) is 0.917. The third-order valence-corrected chi connectivity index (χ3v) is 11.6. The number of hydrogen-bond donors (Lipinski definition) is 1. The average Bonchev–Trinajstić information content (AvgIpc) is 3.30. The molecule has 5 fully saturated rings. The van der Waals surface area contributed by atoms with Crippen molar-refractivity contribution in [2.75, 3.05) is 13.1 Å². The number of hydrogen-bond acceptors (Lipinski definition) is 4. The Morgan fingerprint density at radius 2 is 1.89 bits per heavy atom. The van der Waals surface area contributed by atoms with Crippen LogP contribution in [-0.2, 0) is 9.59 Å². The molecule has 3 nitrogen and oxygen atoms in total. The monoisotopic (exact) mass is 403 g/mol. The normalized spacial score (nSPS) is 53.4. The van der Waals surface area contributed by atoms with E-state index in [1.54, 1.807) is 0 Å². The molecule has 0 aromatic carbocycles. The molecule has 5 rings (SSSR count). The lowest BCUT2D eigenvalue weighted by atomic mass is 9.43. The van der Waals surface area contributed by atoms with Gasteiger partial charge in [-0.05, 0) is 87.0 Å². The van der Waals surface area contributed by atoms with Crippen molar-refractivity contribution in [3.05, 3.63) is 0 Å². The standard InChI is InChI=1S/C24H37NO2S/c1-23-8-5-17(28-18-7-10-25-13-18)12-16(23)11-15(14-26)22-19-3-4-21(27)24(19,2)9-6-20(22)23/h14-20,22,25H,3-13H2,1-2H3/t15?,16?,17-,18?,19+,20+,22+,23+,24+/m1/s1. The molecular weight excluding hydrogens is 366 g/mol. The zero-order valence-corrected chi connectivity index (χ0v) is 18.4. The van der Waals surface area contributed by atoms with Crippen LogP contribution in [0.3, 0.4) is 0 Å². The van der Waals surface area contributed by atoms with Crippen molar-refractivity contribution in [1.29, 1.82) is 0 Å². The number of nitrogens with one attached hydrogen (secondary N) is 1. The minimum absolute atomic E-state index is 0.131. The molecule has 0 bridgehead atoms. The van der Waals surface area contributed by atoms with Gasteiger partial charge in [0.25, 0.3) is 0 Å². The maximum absolute atomic E-state index is 12.7. The highest BCUT2D eigenvalue weighted by atomic mass is 32.2. The fourth-order valence-electron chi connectivity index (χ4n) is 8.34. The van der Waals surface area contributed by atoms with Crippen LogP contribution in [0.1, 0.15) is 71.6 Å². The lowest BCUT2D eigenvalue weighted by molar-refractivity contribution is -0.152. The third-order valence-electron chi connectivity index (χ3n) is 10.00. The topological polar surface area (TPSA) is 46.2 Å². The zero-order chi connectivity index (χ0) is 19.5. The van der Waals surface area contributed by atoms with E-state index in [0.717, 1.165) is 36.2 Å². The van der Waals surface area contributed by atoms with E-state index in [1.807, 2.05) is 0 Å². The van der Waals surface area contributed by atoms with Crippen LogP contribution in [0.2, 0.25) is 0 Å². The number of thioether (sulfide) groups is 1. The van der Waals surface area contributed by atoms with Crippen molar-refractivity contribution in [3.8, 4) is 0 Å². The molecule has 0 spiro atoms. The van der Waals surface area contributed by atoms with Gasteiger partial charge < -0.3 is 10.1 Å². The van der Waals surface area contributed by atoms with Gasteiger partial charge in [0.15, 0.2) is 0 Å². The minimum Gasteiger partial charge on any atom is -0.316 e. The summed E-state index contributed by atoms with van der Waals surface area (Å²) >= 11 is 2.24. The van der Waals surface area contributed by atoms with Gasteiger partial charge in [0.2, 0.25) is 0 Å². The van der Waals surface area contributed by atoms with E-state index in [1.165, 1.54) is 51.5 Å². The van der Waals surface area contributed by atoms with Crippen LogP contribution in [-0.4, -0.2) is 35.7 Å². The maximum atomic E-state index is 12.7. The van der Waals surface area contributed by atoms with Gasteiger partial charge in [0.1, 0.15) is 12.1 Å². The van der Waals surface area contributed by atoms with E-state index in [0.29, 0.717) is 34.9 Å². The Labute approximate surface area is 174 Å². The molecule has 1 heterocycles. The van der Waals surface area contributed by atoms with E-state index in [2.05, 4.69) is 30.9 Å². The lowest BCUT2D eigenvalue weighted by Crippen LogP contribution is -2.57. The molecule has 0 aromatic rings. The van der Waals surface area contributed by atoms with Gasteiger partial charge >= 0.3 is 0 Å². The SMILES string of the molecule is C[C@]12CC[C@@H](SC3CCNC3)CC1CC(C=O)[C@@H]1[C@@H]2CC[C@]2(C)C(=O)CC[C@@H]12. The summed E-state index contributed by atoms with van der Waals surface area (Å²) in [7, 11) is 0. The van der Waals surface area contributed by atoms with Gasteiger partial charge in [-0.15, -0.1) is 0 Å². The molecule has 1 N–H and O–H groups in total. The predicted octanol–water partition coefficient (Wildman–Crippen LogP) is 4.49. The second-order valence-electron chi connectivity index (χ2n) is 11.1. The molecule has 3 unspecified atom stereocenters. The lowest BCUT2D eigenvalue weighted by Gasteiger charge is -2.62. The van der Waals surface area contributed by atoms with Gasteiger partial charge in [-0.3, -0.25) is 4.79 Å². The van der Waals surface area contributed by atoms with Crippen LogP contribution in [0, 0.1) is 40.4 Å². The molecule has 1 aliphatic heterocycles. The van der Waals surface area contributed by atoms with Crippen LogP contribution in [0.5, 0.6) is 0 Å². The molecular formula is C24H37NO2S. The molecule has 1 saturated heterocycles. The van der Waals surface area contributed by atoms with E-state index in [-0.39, 0.29) is 11.3 Å². The molecule has 0 radical (unpaired) electrons. The van der Waals surface area contributed by atoms with Gasteiger partial charge in [-0.1, -0.05) is 13.8 Å². The van der Waals surface area contributed by atoms with Crippen LogP contribution >= 0.6 is 11.8 Å². The van der Waals surface area contributed by atoms with E-state index >= 15 is 0 Å². The summed E-state index contributed by atoms with van der Waals surface area (Å²) in [5.74, 6) is 2.96. The summed E-state index contributed by atoms with van der Waals surface area (Å²) in [5, 5.41) is 5.10. The number of carbonyl (C=O) groups is 2. The minimum atomic E-state index is -0.131. The second-order valence-corrected chi connectivity index (χ2v) is 12.7. The van der Waals surface area contributed by atoms with Crippen molar-refractivity contribution in [3.63, 3.8) is 0 Å². The van der Waals surface area contributed by atoms with Crippen molar-refractivity contribution in [2.24, 2.45) is 40.4 Å². The smallest absolute Gasteiger partial charge is 0.139 e. The first-order valence-corrected chi connectivity index (χ1v) is 12.7. The highest BCUT2D eigenvalue weighted by Crippen LogP contribution is 2.67. The second kappa shape index (κ2) is 7.11. The highest BCUT2D eigenvalue weighted by Gasteiger charge is 2.62. The molecule has 0 amide bonds. The summed E-state index contributed by atoms with van der Waals surface area (Å²) in [6.45, 7) is 7.15. The molecule has 0 aromatic heterocycles. The number of aldehydes is 1. The van der Waals surface area contributed by atoms with Gasteiger partial charge in [0, 0.05) is 34.8 Å². The fourth-order valence-corrected chi connectivity index (χ4v) is 9.95. The Morgan fingerprint density at radius 3 is 2.64 bits per heavy atom. The quantitative estimate of drug-likeness (QED) is 0.706. The Morgan fingerprint density at radius 1 is 1.04 bits per heavy atom. The molecule has 5 aliphatic rings. The number of carbonyl (C=O) groups excluding carboxylic acids is 2. The van der Waals surface area contributed by atoms with Crippen LogP contribution in [0.25, 0.3) is 0 Å². The number of ketones is 1. The van der Waals surface area contributed by atoms with Crippen LogP contribution < -0.4 is 5.32 Å². The van der Waals surface area contributed by atoms with Crippen molar-refractivity contribution in [2.45, 2.75) is 82.1 Å². The van der Waals surface area contributed by atoms with Crippen molar-refractivity contribution < 1.29 is 9.59 Å². The Balaban J connectivity index is 1.37. The van der Waals surface area contributed by atoms with E-state index in [4.69, 9.17) is 0 Å². The first-order valence-electron chi connectivity index (χ1n) is 11.8. The van der Waals surface area contributed by atoms with Gasteiger partial charge in [-0.2, -0.15) is 11.8 Å². The van der Waals surface area contributed by atoms with Gasteiger partial charge in [-0.25, -0.2) is 0 Å². The van der Waals surface area contributed by atoms with Gasteiger partial charge in [0.05, 0.1) is 0 Å². The Kier molecular flexibility index (Phi) is 4.98. The van der Waals surface area contributed by atoms with E-state index in [9.17, 15) is 9.59 Å². The molecule has 9 atom stereocenters. The molecule has 4 heteroatoms. The summed E-state index contributed by atoms with van der Waals surface area (Å²) in [6.07, 6.45) is 11.7. The van der Waals surface area contributed by atoms with E-state index < -0.39 is 0 Å². The summed E-state index contributed by atoms with van der Waals surface area (Å²) < 4.78 is 0. The average molecular weight is 404 g/mol. The maximum Gasteiger partial charge on any atom is 0.139 e. The molecule has 4 saturated carbocycles. The first-order chi connectivity index (χ1) is 13.5.